The number of rotatable bonds is 5. The lowest BCUT2D eigenvalue weighted by Gasteiger charge is -2.19. The van der Waals surface area contributed by atoms with Gasteiger partial charge in [-0.25, -0.2) is 10.4 Å². The number of hydrogen-bond donors (Lipinski definition) is 2. The van der Waals surface area contributed by atoms with Crippen molar-refractivity contribution in [2.24, 2.45) is 5.73 Å². The number of nitrogens with zero attached hydrogens (tertiary/aromatic N) is 1. The molecule has 2 aromatic rings. The molecule has 3 rings (SSSR count). The quantitative estimate of drug-likeness (QED) is 0.817. The normalized spacial score (nSPS) is 15.0. The van der Waals surface area contributed by atoms with Crippen LogP contribution in [-0.4, -0.2) is 29.4 Å². The fraction of sp³-hybridized carbons (Fsp3) is 0.176. The largest absolute Gasteiger partial charge is 0.326 e. The zero-order valence-electron chi connectivity index (χ0n) is 12.0. The fourth-order valence-electron chi connectivity index (χ4n) is 2.53. The number of benzene rings is 2. The van der Waals surface area contributed by atoms with E-state index in [0.717, 1.165) is 10.6 Å². The van der Waals surface area contributed by atoms with Gasteiger partial charge in [-0.1, -0.05) is 42.5 Å². The number of amides is 2. The molecule has 1 aliphatic heterocycles. The van der Waals surface area contributed by atoms with E-state index in [1.807, 2.05) is 30.3 Å². The molecule has 0 saturated heterocycles. The second-order valence-corrected chi connectivity index (χ2v) is 5.30. The van der Waals surface area contributed by atoms with Gasteiger partial charge in [0.2, 0.25) is 0 Å². The van der Waals surface area contributed by atoms with Gasteiger partial charge in [-0.15, -0.1) is 0 Å². The topological polar surface area (TPSA) is 75.4 Å². The van der Waals surface area contributed by atoms with Gasteiger partial charge in [0.1, 0.15) is 0 Å². The number of carbonyl (C=O) groups is 2. The minimum Gasteiger partial charge on any atom is -0.326 e. The Bertz CT molecular complexity index is 665. The lowest BCUT2D eigenvalue weighted by atomic mass is 10.1. The van der Waals surface area contributed by atoms with Crippen LogP contribution in [-0.2, 0) is 6.42 Å². The monoisotopic (exact) mass is 295 g/mol. The summed E-state index contributed by atoms with van der Waals surface area (Å²) in [7, 11) is 0. The molecule has 0 radical (unpaired) electrons. The van der Waals surface area contributed by atoms with Gasteiger partial charge in [0.25, 0.3) is 11.8 Å². The molecule has 5 nitrogen and oxygen atoms in total. The Balaban J connectivity index is 1.61. The standard InChI is InChI=1S/C17H17N3O2/c18-13(10-12-6-2-1-3-7-12)11-19-20-16(21)14-8-4-5-9-15(14)17(20)22/h1-9,13,19H,10-11,18H2/t13-/m0/s1. The van der Waals surface area contributed by atoms with E-state index < -0.39 is 0 Å². The predicted molar refractivity (Wildman–Crippen MR) is 83.1 cm³/mol. The number of hydrazine groups is 1. The van der Waals surface area contributed by atoms with Crippen molar-refractivity contribution in [3.05, 3.63) is 71.3 Å². The number of nitrogens with two attached hydrogens (primary N) is 1. The molecule has 5 heteroatoms. The van der Waals surface area contributed by atoms with Crippen molar-refractivity contribution in [1.82, 2.24) is 10.4 Å². The summed E-state index contributed by atoms with van der Waals surface area (Å²) in [6.07, 6.45) is 0.678. The van der Waals surface area contributed by atoms with E-state index in [1.54, 1.807) is 24.3 Å². The van der Waals surface area contributed by atoms with Crippen molar-refractivity contribution < 1.29 is 9.59 Å². The highest BCUT2D eigenvalue weighted by Gasteiger charge is 2.35. The molecule has 0 fully saturated rings. The van der Waals surface area contributed by atoms with Crippen LogP contribution in [0.3, 0.4) is 0 Å². The zero-order valence-corrected chi connectivity index (χ0v) is 12.0. The van der Waals surface area contributed by atoms with Crippen molar-refractivity contribution in [3.8, 4) is 0 Å². The van der Waals surface area contributed by atoms with E-state index in [1.165, 1.54) is 0 Å². The van der Waals surface area contributed by atoms with E-state index in [9.17, 15) is 9.59 Å². The van der Waals surface area contributed by atoms with Crippen molar-refractivity contribution in [2.45, 2.75) is 12.5 Å². The molecular weight excluding hydrogens is 278 g/mol. The van der Waals surface area contributed by atoms with Crippen molar-refractivity contribution in [3.63, 3.8) is 0 Å². The summed E-state index contributed by atoms with van der Waals surface area (Å²) in [6.45, 7) is 0.348. The van der Waals surface area contributed by atoms with E-state index in [2.05, 4.69) is 5.43 Å². The Hall–Kier alpha value is -2.50. The maximum atomic E-state index is 12.2. The highest BCUT2D eigenvalue weighted by Crippen LogP contribution is 2.20. The Morgan fingerprint density at radius 2 is 1.45 bits per heavy atom. The third-order valence-corrected chi connectivity index (χ3v) is 3.65. The summed E-state index contributed by atoms with van der Waals surface area (Å²) in [5, 5.41) is 1.05. The third-order valence-electron chi connectivity index (χ3n) is 3.65. The summed E-state index contributed by atoms with van der Waals surface area (Å²) in [4.78, 5) is 24.4. The Kier molecular flexibility index (Phi) is 4.00. The van der Waals surface area contributed by atoms with Crippen LogP contribution in [0.1, 0.15) is 26.3 Å². The van der Waals surface area contributed by atoms with Crippen LogP contribution >= 0.6 is 0 Å². The number of imide groups is 1. The smallest absolute Gasteiger partial charge is 0.276 e. The molecule has 1 heterocycles. The minimum absolute atomic E-state index is 0.188. The molecule has 3 N–H and O–H groups in total. The maximum Gasteiger partial charge on any atom is 0.276 e. The first-order valence-electron chi connectivity index (χ1n) is 7.17. The minimum atomic E-state index is -0.326. The SMILES string of the molecule is N[C@H](CNN1C(=O)c2ccccc2C1=O)Cc1ccccc1. The average Bonchev–Trinajstić information content (AvgIpc) is 2.78. The van der Waals surface area contributed by atoms with Crippen LogP contribution in [0.15, 0.2) is 54.6 Å². The molecule has 0 bridgehead atoms. The number of fused-ring (bicyclic) bond motifs is 1. The highest BCUT2D eigenvalue weighted by molar-refractivity contribution is 6.20. The van der Waals surface area contributed by atoms with E-state index in [0.29, 0.717) is 24.1 Å². The van der Waals surface area contributed by atoms with Crippen LogP contribution in [0.5, 0.6) is 0 Å². The molecule has 2 aromatic carbocycles. The number of nitrogens with one attached hydrogen (secondary N) is 1. The van der Waals surface area contributed by atoms with Crippen LogP contribution in [0.2, 0.25) is 0 Å². The molecule has 0 unspecified atom stereocenters. The molecule has 0 aromatic heterocycles. The van der Waals surface area contributed by atoms with Gasteiger partial charge >= 0.3 is 0 Å². The third kappa shape index (κ3) is 2.77. The highest BCUT2D eigenvalue weighted by atomic mass is 16.2. The molecule has 0 aliphatic carbocycles. The Morgan fingerprint density at radius 1 is 0.909 bits per heavy atom. The van der Waals surface area contributed by atoms with Gasteiger partial charge in [0.05, 0.1) is 11.1 Å². The molecule has 1 atom stereocenters. The van der Waals surface area contributed by atoms with Gasteiger partial charge < -0.3 is 5.73 Å². The van der Waals surface area contributed by atoms with Crippen LogP contribution in [0.4, 0.5) is 0 Å². The van der Waals surface area contributed by atoms with E-state index in [-0.39, 0.29) is 17.9 Å². The van der Waals surface area contributed by atoms with Crippen molar-refractivity contribution in [2.75, 3.05) is 6.54 Å². The van der Waals surface area contributed by atoms with E-state index in [4.69, 9.17) is 5.73 Å². The summed E-state index contributed by atoms with van der Waals surface area (Å²) >= 11 is 0. The molecule has 0 saturated carbocycles. The second-order valence-electron chi connectivity index (χ2n) is 5.30. The Morgan fingerprint density at radius 3 is 2.05 bits per heavy atom. The summed E-state index contributed by atoms with van der Waals surface area (Å²) < 4.78 is 0. The number of hydrogen-bond acceptors (Lipinski definition) is 4. The second kappa shape index (κ2) is 6.09. The van der Waals surface area contributed by atoms with Crippen LogP contribution in [0.25, 0.3) is 0 Å². The predicted octanol–water partition coefficient (Wildman–Crippen LogP) is 1.36. The van der Waals surface area contributed by atoms with Crippen LogP contribution in [0, 0.1) is 0 Å². The van der Waals surface area contributed by atoms with Gasteiger partial charge in [-0.05, 0) is 24.1 Å². The van der Waals surface area contributed by atoms with Gasteiger partial charge in [-0.3, -0.25) is 9.59 Å². The van der Waals surface area contributed by atoms with Gasteiger partial charge in [0.15, 0.2) is 0 Å². The zero-order chi connectivity index (χ0) is 15.5. The summed E-state index contributed by atoms with van der Waals surface area (Å²) in [5.41, 5.74) is 10.9. The lowest BCUT2D eigenvalue weighted by Crippen LogP contribution is -2.48. The molecule has 1 aliphatic rings. The summed E-state index contributed by atoms with van der Waals surface area (Å²) in [5.74, 6) is -0.653. The Labute approximate surface area is 128 Å². The fourth-order valence-corrected chi connectivity index (χ4v) is 2.53. The molecule has 0 spiro atoms. The van der Waals surface area contributed by atoms with Crippen LogP contribution < -0.4 is 11.2 Å². The first-order chi connectivity index (χ1) is 10.7. The van der Waals surface area contributed by atoms with Crippen molar-refractivity contribution >= 4 is 11.8 Å². The molecule has 22 heavy (non-hydrogen) atoms. The molecule has 2 amide bonds. The van der Waals surface area contributed by atoms with E-state index >= 15 is 0 Å². The maximum absolute atomic E-state index is 12.2. The number of carbonyl (C=O) groups excluding carboxylic acids is 2. The average molecular weight is 295 g/mol. The van der Waals surface area contributed by atoms with Gasteiger partial charge in [-0.2, -0.15) is 0 Å². The first kappa shape index (κ1) is 14.4. The molecule has 112 valence electrons. The molecular formula is C17H17N3O2. The van der Waals surface area contributed by atoms with Crippen molar-refractivity contribution in [1.29, 1.82) is 0 Å². The lowest BCUT2D eigenvalue weighted by molar-refractivity contribution is 0.0564. The summed E-state index contributed by atoms with van der Waals surface area (Å²) in [6, 6.07) is 16.5. The first-order valence-corrected chi connectivity index (χ1v) is 7.17. The van der Waals surface area contributed by atoms with Gasteiger partial charge in [0, 0.05) is 12.6 Å².